The van der Waals surface area contributed by atoms with Crippen molar-refractivity contribution < 1.29 is 9.53 Å². The Morgan fingerprint density at radius 2 is 2.00 bits per heavy atom. The van der Waals surface area contributed by atoms with Gasteiger partial charge in [0.2, 0.25) is 0 Å². The van der Waals surface area contributed by atoms with Crippen molar-refractivity contribution in [3.8, 4) is 0 Å². The first-order valence-electron chi connectivity index (χ1n) is 11.2. The lowest BCUT2D eigenvalue weighted by Gasteiger charge is -2.26. The number of ether oxygens (including phenoxy) is 1. The van der Waals surface area contributed by atoms with Gasteiger partial charge in [-0.25, -0.2) is 9.67 Å². The number of nitrogens with one attached hydrogen (secondary N) is 2. The van der Waals surface area contributed by atoms with Crippen LogP contribution in [0.15, 0.2) is 36.7 Å². The van der Waals surface area contributed by atoms with Gasteiger partial charge >= 0.3 is 0 Å². The lowest BCUT2D eigenvalue weighted by atomic mass is 9.99. The first-order chi connectivity index (χ1) is 15.1. The van der Waals surface area contributed by atoms with E-state index in [9.17, 15) is 4.79 Å². The minimum absolute atomic E-state index is 0.103. The van der Waals surface area contributed by atoms with Crippen LogP contribution in [0.5, 0.6) is 0 Å². The van der Waals surface area contributed by atoms with Crippen LogP contribution in [-0.2, 0) is 17.7 Å². The van der Waals surface area contributed by atoms with Crippen molar-refractivity contribution in [1.82, 2.24) is 20.1 Å². The molecule has 2 aromatic heterocycles. The quantitative estimate of drug-likeness (QED) is 0.600. The van der Waals surface area contributed by atoms with Crippen molar-refractivity contribution in [2.75, 3.05) is 18.5 Å². The number of carbonyl (C=O) groups is 1. The molecule has 1 aliphatic rings. The van der Waals surface area contributed by atoms with Gasteiger partial charge in [-0.1, -0.05) is 31.2 Å². The van der Waals surface area contributed by atoms with Gasteiger partial charge in [0, 0.05) is 32.0 Å². The molecule has 3 aromatic rings. The van der Waals surface area contributed by atoms with Gasteiger partial charge in [0.05, 0.1) is 28.9 Å². The molecule has 1 saturated heterocycles. The summed E-state index contributed by atoms with van der Waals surface area (Å²) in [4.78, 5) is 17.9. The second-order valence-corrected chi connectivity index (χ2v) is 8.02. The van der Waals surface area contributed by atoms with Crippen molar-refractivity contribution >= 4 is 22.6 Å². The van der Waals surface area contributed by atoms with Crippen molar-refractivity contribution in [3.63, 3.8) is 0 Å². The molecule has 164 valence electrons. The number of hydrogen-bond acceptors (Lipinski definition) is 5. The number of aryl methyl sites for hydroxylation is 2. The average molecular weight is 422 g/mol. The summed E-state index contributed by atoms with van der Waals surface area (Å²) < 4.78 is 7.35. The summed E-state index contributed by atoms with van der Waals surface area (Å²) in [5.41, 5.74) is 4.54. The molecule has 4 rings (SSSR count). The highest BCUT2D eigenvalue weighted by atomic mass is 16.5. The third-order valence-electron chi connectivity index (χ3n) is 6.03. The van der Waals surface area contributed by atoms with Crippen LogP contribution in [-0.4, -0.2) is 39.9 Å². The molecule has 1 amide bonds. The second-order valence-electron chi connectivity index (χ2n) is 8.02. The Balaban J connectivity index is 1.66. The predicted octanol–water partition coefficient (Wildman–Crippen LogP) is 4.10. The molecule has 1 aromatic carbocycles. The van der Waals surface area contributed by atoms with Crippen LogP contribution < -0.4 is 10.6 Å². The van der Waals surface area contributed by atoms with E-state index in [1.165, 1.54) is 5.56 Å². The summed E-state index contributed by atoms with van der Waals surface area (Å²) in [6, 6.07) is 8.40. The lowest BCUT2D eigenvalue weighted by Crippen LogP contribution is -2.31. The van der Waals surface area contributed by atoms with Crippen LogP contribution in [0.1, 0.15) is 61.1 Å². The number of anilines is 1. The highest BCUT2D eigenvalue weighted by Crippen LogP contribution is 2.29. The summed E-state index contributed by atoms with van der Waals surface area (Å²) in [5.74, 6) is -0.133. The number of benzene rings is 1. The smallest absolute Gasteiger partial charge is 0.255 e. The molecular weight excluding hydrogens is 390 g/mol. The maximum absolute atomic E-state index is 13.4. The third kappa shape index (κ3) is 4.42. The Morgan fingerprint density at radius 3 is 2.74 bits per heavy atom. The zero-order chi connectivity index (χ0) is 21.8. The van der Waals surface area contributed by atoms with E-state index in [2.05, 4.69) is 39.8 Å². The molecular formula is C24H31N5O2. The number of carbonyl (C=O) groups excluding carboxylic acids is 1. The highest BCUT2D eigenvalue weighted by molar-refractivity contribution is 6.06. The molecule has 2 N–H and O–H groups in total. The van der Waals surface area contributed by atoms with E-state index in [0.717, 1.165) is 61.3 Å². The summed E-state index contributed by atoms with van der Waals surface area (Å²) in [6.07, 6.45) is 6.22. The maximum atomic E-state index is 13.4. The minimum atomic E-state index is -0.133. The van der Waals surface area contributed by atoms with E-state index in [1.54, 1.807) is 12.4 Å². The van der Waals surface area contributed by atoms with Crippen molar-refractivity contribution in [2.24, 2.45) is 0 Å². The fourth-order valence-corrected chi connectivity index (χ4v) is 4.26. The van der Waals surface area contributed by atoms with Crippen molar-refractivity contribution in [1.29, 1.82) is 0 Å². The average Bonchev–Trinajstić information content (AvgIpc) is 3.23. The molecule has 7 heteroatoms. The van der Waals surface area contributed by atoms with Gasteiger partial charge in [-0.2, -0.15) is 5.10 Å². The van der Waals surface area contributed by atoms with E-state index < -0.39 is 0 Å². The standard InChI is InChI=1S/C24H31N5O2/c1-4-17-8-6-7-9-19(17)16(3)27-24(30)21-14-25-23-20(15-26-29(23)5-2)22(21)28-18-10-12-31-13-11-18/h6-9,14-16,18H,4-5,10-13H2,1-3H3,(H,25,28)(H,27,30)/t16-/m1/s1. The Hall–Kier alpha value is -2.93. The zero-order valence-electron chi connectivity index (χ0n) is 18.5. The topological polar surface area (TPSA) is 81.1 Å². The SMILES string of the molecule is CCc1ccccc1[C@@H](C)NC(=O)c1cnc2c(cnn2CC)c1NC1CCOCC1. The zero-order valence-corrected chi connectivity index (χ0v) is 18.5. The van der Waals surface area contributed by atoms with Crippen LogP contribution in [0.4, 0.5) is 5.69 Å². The van der Waals surface area contributed by atoms with E-state index in [4.69, 9.17) is 4.74 Å². The Bertz CT molecular complexity index is 1060. The molecule has 0 radical (unpaired) electrons. The number of aromatic nitrogens is 3. The lowest BCUT2D eigenvalue weighted by molar-refractivity contribution is 0.0903. The van der Waals surface area contributed by atoms with Gasteiger partial charge < -0.3 is 15.4 Å². The van der Waals surface area contributed by atoms with E-state index >= 15 is 0 Å². The number of hydrogen-bond donors (Lipinski definition) is 2. The van der Waals surface area contributed by atoms with Crippen LogP contribution in [0.25, 0.3) is 11.0 Å². The number of amides is 1. The summed E-state index contributed by atoms with van der Waals surface area (Å²) in [6.45, 7) is 8.38. The Labute approximate surface area is 183 Å². The highest BCUT2D eigenvalue weighted by Gasteiger charge is 2.23. The van der Waals surface area contributed by atoms with Crippen LogP contribution in [0.2, 0.25) is 0 Å². The number of fused-ring (bicyclic) bond motifs is 1. The van der Waals surface area contributed by atoms with Gasteiger partial charge in [0.15, 0.2) is 5.65 Å². The van der Waals surface area contributed by atoms with E-state index in [-0.39, 0.29) is 18.0 Å². The number of nitrogens with zero attached hydrogens (tertiary/aromatic N) is 3. The summed E-state index contributed by atoms with van der Waals surface area (Å²) in [7, 11) is 0. The molecule has 0 saturated carbocycles. The summed E-state index contributed by atoms with van der Waals surface area (Å²) >= 11 is 0. The number of rotatable bonds is 7. The minimum Gasteiger partial charge on any atom is -0.381 e. The van der Waals surface area contributed by atoms with Gasteiger partial charge in [-0.05, 0) is 44.2 Å². The number of pyridine rings is 1. The Kier molecular flexibility index (Phi) is 6.51. The van der Waals surface area contributed by atoms with Gasteiger partial charge in [0.25, 0.3) is 5.91 Å². The van der Waals surface area contributed by atoms with Crippen molar-refractivity contribution in [3.05, 3.63) is 53.3 Å². The van der Waals surface area contributed by atoms with Gasteiger partial charge in [-0.15, -0.1) is 0 Å². The predicted molar refractivity (Wildman–Crippen MR) is 122 cm³/mol. The van der Waals surface area contributed by atoms with E-state index in [0.29, 0.717) is 5.56 Å². The van der Waals surface area contributed by atoms with Crippen LogP contribution in [0.3, 0.4) is 0 Å². The largest absolute Gasteiger partial charge is 0.381 e. The van der Waals surface area contributed by atoms with Gasteiger partial charge in [-0.3, -0.25) is 4.79 Å². The molecule has 1 atom stereocenters. The van der Waals surface area contributed by atoms with Crippen molar-refractivity contribution in [2.45, 2.75) is 58.7 Å². The molecule has 0 bridgehead atoms. The fourth-order valence-electron chi connectivity index (χ4n) is 4.26. The summed E-state index contributed by atoms with van der Waals surface area (Å²) in [5, 5.41) is 12.1. The molecule has 0 unspecified atom stereocenters. The first kappa shape index (κ1) is 21.3. The molecule has 31 heavy (non-hydrogen) atoms. The molecule has 7 nitrogen and oxygen atoms in total. The fraction of sp³-hybridized carbons (Fsp3) is 0.458. The third-order valence-corrected chi connectivity index (χ3v) is 6.03. The first-order valence-corrected chi connectivity index (χ1v) is 11.2. The second kappa shape index (κ2) is 9.47. The molecule has 3 heterocycles. The molecule has 0 aliphatic carbocycles. The molecule has 0 spiro atoms. The normalized spacial score (nSPS) is 15.7. The monoisotopic (exact) mass is 421 g/mol. The molecule has 1 fully saturated rings. The Morgan fingerprint density at radius 1 is 1.23 bits per heavy atom. The molecule has 1 aliphatic heterocycles. The van der Waals surface area contributed by atoms with Gasteiger partial charge in [0.1, 0.15) is 0 Å². The van der Waals surface area contributed by atoms with Crippen LogP contribution in [0, 0.1) is 0 Å². The maximum Gasteiger partial charge on any atom is 0.255 e. The van der Waals surface area contributed by atoms with Crippen LogP contribution >= 0.6 is 0 Å². The van der Waals surface area contributed by atoms with E-state index in [1.807, 2.05) is 30.7 Å².